The van der Waals surface area contributed by atoms with Gasteiger partial charge in [-0.3, -0.25) is 9.78 Å². The largest absolute Gasteiger partial charge is 0.482 e. The molecule has 0 saturated heterocycles. The molecule has 2 aromatic rings. The van der Waals surface area contributed by atoms with Crippen LogP contribution in [-0.2, 0) is 4.79 Å². The van der Waals surface area contributed by atoms with Crippen LogP contribution < -0.4 is 10.1 Å². The molecule has 1 aromatic carbocycles. The molecule has 1 heterocycles. The molecule has 6 heteroatoms. The Kier molecular flexibility index (Phi) is 5.59. The second-order valence-corrected chi connectivity index (χ2v) is 5.76. The third kappa shape index (κ3) is 4.72. The van der Waals surface area contributed by atoms with Gasteiger partial charge in [-0.05, 0) is 42.8 Å². The summed E-state index contributed by atoms with van der Waals surface area (Å²) in [6.45, 7) is 1.82. The van der Waals surface area contributed by atoms with E-state index in [0.717, 1.165) is 10.0 Å². The molecule has 1 N–H and O–H groups in total. The van der Waals surface area contributed by atoms with Gasteiger partial charge in [0, 0.05) is 16.9 Å². The number of nitrogens with zero attached hydrogens (tertiary/aromatic N) is 1. The van der Waals surface area contributed by atoms with E-state index in [0.29, 0.717) is 10.8 Å². The van der Waals surface area contributed by atoms with Gasteiger partial charge in [0.05, 0.1) is 11.1 Å². The summed E-state index contributed by atoms with van der Waals surface area (Å²) in [5.74, 6) is 0.268. The fraction of sp³-hybridized carbons (Fsp3) is 0.200. The van der Waals surface area contributed by atoms with Crippen molar-refractivity contribution in [1.29, 1.82) is 0 Å². The van der Waals surface area contributed by atoms with Crippen LogP contribution in [0.15, 0.2) is 47.2 Å². The van der Waals surface area contributed by atoms with Gasteiger partial charge in [0.15, 0.2) is 6.61 Å². The predicted octanol–water partition coefficient (Wildman–Crippen LogP) is 3.75. The average molecular weight is 370 g/mol. The highest BCUT2D eigenvalue weighted by molar-refractivity contribution is 9.10. The Balaban J connectivity index is 1.87. The molecule has 0 spiro atoms. The fourth-order valence-electron chi connectivity index (χ4n) is 1.75. The van der Waals surface area contributed by atoms with Crippen molar-refractivity contribution in [2.75, 3.05) is 6.61 Å². The van der Waals surface area contributed by atoms with Gasteiger partial charge in [0.1, 0.15) is 5.75 Å². The molecule has 21 heavy (non-hydrogen) atoms. The van der Waals surface area contributed by atoms with Crippen LogP contribution in [0.3, 0.4) is 0 Å². The van der Waals surface area contributed by atoms with Crippen molar-refractivity contribution in [1.82, 2.24) is 10.3 Å². The molecule has 1 unspecified atom stereocenters. The van der Waals surface area contributed by atoms with Crippen molar-refractivity contribution in [2.45, 2.75) is 13.0 Å². The lowest BCUT2D eigenvalue weighted by Crippen LogP contribution is -2.31. The second-order valence-electron chi connectivity index (χ2n) is 4.43. The van der Waals surface area contributed by atoms with E-state index in [2.05, 4.69) is 26.2 Å². The van der Waals surface area contributed by atoms with Gasteiger partial charge in [-0.2, -0.15) is 0 Å². The first kappa shape index (κ1) is 15.8. The zero-order chi connectivity index (χ0) is 15.2. The van der Waals surface area contributed by atoms with Crippen molar-refractivity contribution < 1.29 is 9.53 Å². The number of aromatic nitrogens is 1. The standard InChI is InChI=1S/C15H14BrClN2O2/c1-10(11-4-6-18-7-5-11)19-15(20)9-21-14-3-2-12(16)8-13(14)17/h2-8,10H,9H2,1H3,(H,19,20). The quantitative estimate of drug-likeness (QED) is 0.873. The normalized spacial score (nSPS) is 11.8. The maximum Gasteiger partial charge on any atom is 0.258 e. The highest BCUT2D eigenvalue weighted by Gasteiger charge is 2.11. The highest BCUT2D eigenvalue weighted by atomic mass is 79.9. The molecule has 0 bridgehead atoms. The molecule has 0 aliphatic carbocycles. The molecule has 1 atom stereocenters. The number of nitrogens with one attached hydrogen (secondary N) is 1. The maximum atomic E-state index is 11.9. The third-order valence-corrected chi connectivity index (χ3v) is 3.62. The minimum Gasteiger partial charge on any atom is -0.482 e. The molecule has 110 valence electrons. The van der Waals surface area contributed by atoms with Crippen molar-refractivity contribution >= 4 is 33.4 Å². The van der Waals surface area contributed by atoms with Crippen LogP contribution in [0.2, 0.25) is 5.02 Å². The van der Waals surface area contributed by atoms with E-state index in [9.17, 15) is 4.79 Å². The molecule has 2 rings (SSSR count). The van der Waals surface area contributed by atoms with Crippen molar-refractivity contribution in [3.63, 3.8) is 0 Å². The number of pyridine rings is 1. The lowest BCUT2D eigenvalue weighted by atomic mass is 10.1. The van der Waals surface area contributed by atoms with Crippen LogP contribution in [0.4, 0.5) is 0 Å². The number of hydrogen-bond acceptors (Lipinski definition) is 3. The number of ether oxygens (including phenoxy) is 1. The molecule has 0 saturated carbocycles. The summed E-state index contributed by atoms with van der Waals surface area (Å²) in [6, 6.07) is 8.85. The van der Waals surface area contributed by atoms with Crippen LogP contribution in [0.1, 0.15) is 18.5 Å². The van der Waals surface area contributed by atoms with Crippen LogP contribution in [0, 0.1) is 0 Å². The van der Waals surface area contributed by atoms with E-state index in [-0.39, 0.29) is 18.6 Å². The lowest BCUT2D eigenvalue weighted by molar-refractivity contribution is -0.123. The van der Waals surface area contributed by atoms with Crippen LogP contribution in [0.25, 0.3) is 0 Å². The molecule has 1 amide bonds. The summed E-state index contributed by atoms with van der Waals surface area (Å²) in [5, 5.41) is 3.31. The number of halogens is 2. The van der Waals surface area contributed by atoms with E-state index in [1.807, 2.05) is 19.1 Å². The van der Waals surface area contributed by atoms with Crippen LogP contribution in [0.5, 0.6) is 5.75 Å². The topological polar surface area (TPSA) is 51.2 Å². The molecule has 1 aromatic heterocycles. The molecule has 0 radical (unpaired) electrons. The average Bonchev–Trinajstić information content (AvgIpc) is 2.47. The van der Waals surface area contributed by atoms with E-state index >= 15 is 0 Å². The van der Waals surface area contributed by atoms with Gasteiger partial charge in [-0.1, -0.05) is 27.5 Å². The number of rotatable bonds is 5. The van der Waals surface area contributed by atoms with Gasteiger partial charge in [-0.15, -0.1) is 0 Å². The first-order chi connectivity index (χ1) is 10.1. The van der Waals surface area contributed by atoms with Crippen molar-refractivity contribution in [3.8, 4) is 5.75 Å². The second kappa shape index (κ2) is 7.43. The maximum absolute atomic E-state index is 11.9. The van der Waals surface area contributed by atoms with Gasteiger partial charge < -0.3 is 10.1 Å². The molecule has 0 aliphatic rings. The zero-order valence-electron chi connectivity index (χ0n) is 11.3. The Morgan fingerprint density at radius 1 is 1.38 bits per heavy atom. The zero-order valence-corrected chi connectivity index (χ0v) is 13.7. The van der Waals surface area contributed by atoms with E-state index in [1.54, 1.807) is 30.6 Å². The first-order valence-corrected chi connectivity index (χ1v) is 7.50. The molecule has 4 nitrogen and oxygen atoms in total. The number of amides is 1. The number of hydrogen-bond donors (Lipinski definition) is 1. The Hall–Kier alpha value is -1.59. The van der Waals surface area contributed by atoms with E-state index < -0.39 is 0 Å². The number of benzene rings is 1. The SMILES string of the molecule is CC(NC(=O)COc1ccc(Br)cc1Cl)c1ccncc1. The number of carbonyl (C=O) groups excluding carboxylic acids is 1. The number of carbonyl (C=O) groups is 1. The molecular formula is C15H14BrClN2O2. The highest BCUT2D eigenvalue weighted by Crippen LogP contribution is 2.27. The van der Waals surface area contributed by atoms with Crippen LogP contribution in [-0.4, -0.2) is 17.5 Å². The van der Waals surface area contributed by atoms with Gasteiger partial charge in [-0.25, -0.2) is 0 Å². The minimum absolute atomic E-state index is 0.0865. The molecule has 0 fully saturated rings. The predicted molar refractivity (Wildman–Crippen MR) is 85.4 cm³/mol. The minimum atomic E-state index is -0.210. The van der Waals surface area contributed by atoms with Gasteiger partial charge in [0.2, 0.25) is 0 Å². The van der Waals surface area contributed by atoms with E-state index in [1.165, 1.54) is 0 Å². The molecule has 0 aliphatic heterocycles. The summed E-state index contributed by atoms with van der Waals surface area (Å²) >= 11 is 9.33. The lowest BCUT2D eigenvalue weighted by Gasteiger charge is -2.14. The Bertz CT molecular complexity index is 622. The smallest absolute Gasteiger partial charge is 0.258 e. The summed E-state index contributed by atoms with van der Waals surface area (Å²) in [4.78, 5) is 15.8. The van der Waals surface area contributed by atoms with Gasteiger partial charge in [0.25, 0.3) is 5.91 Å². The Morgan fingerprint density at radius 3 is 2.76 bits per heavy atom. The van der Waals surface area contributed by atoms with Crippen LogP contribution >= 0.6 is 27.5 Å². The third-order valence-electron chi connectivity index (χ3n) is 2.84. The summed E-state index contributed by atoms with van der Waals surface area (Å²) in [6.07, 6.45) is 3.38. The molecular weight excluding hydrogens is 356 g/mol. The van der Waals surface area contributed by atoms with Crippen molar-refractivity contribution in [2.24, 2.45) is 0 Å². The van der Waals surface area contributed by atoms with Crippen molar-refractivity contribution in [3.05, 3.63) is 57.8 Å². The first-order valence-electron chi connectivity index (χ1n) is 6.33. The summed E-state index contributed by atoms with van der Waals surface area (Å²) in [5.41, 5.74) is 0.986. The Morgan fingerprint density at radius 2 is 2.10 bits per heavy atom. The summed E-state index contributed by atoms with van der Waals surface area (Å²) < 4.78 is 6.27. The summed E-state index contributed by atoms with van der Waals surface area (Å²) in [7, 11) is 0. The Labute approximate surface area is 136 Å². The van der Waals surface area contributed by atoms with Gasteiger partial charge >= 0.3 is 0 Å². The monoisotopic (exact) mass is 368 g/mol. The fourth-order valence-corrected chi connectivity index (χ4v) is 2.48. The van der Waals surface area contributed by atoms with E-state index in [4.69, 9.17) is 16.3 Å².